The summed E-state index contributed by atoms with van der Waals surface area (Å²) < 4.78 is 60.8. The van der Waals surface area contributed by atoms with Gasteiger partial charge in [-0.25, -0.2) is 13.2 Å². The number of hydrogen-bond donors (Lipinski definition) is 3. The fourth-order valence-corrected chi connectivity index (χ4v) is 8.83. The van der Waals surface area contributed by atoms with Crippen LogP contribution in [0.2, 0.25) is 0 Å². The van der Waals surface area contributed by atoms with Crippen LogP contribution in [-0.4, -0.2) is 74.1 Å². The Morgan fingerprint density at radius 3 is 2.18 bits per heavy atom. The van der Waals surface area contributed by atoms with Gasteiger partial charge in [-0.3, -0.25) is 0 Å². The number of ether oxygens (including phenoxy) is 1. The molecular formula is C36H47F2N5O5S. The molecule has 0 unspecified atom stereocenters. The van der Waals surface area contributed by atoms with Crippen LogP contribution in [0.15, 0.2) is 65.6 Å². The van der Waals surface area contributed by atoms with Crippen LogP contribution >= 0.6 is 0 Å². The quantitative estimate of drug-likeness (QED) is 0.200. The first-order chi connectivity index (χ1) is 23.0. The number of piperidine rings is 1. The maximum Gasteiger partial charge on any atom is 0.394 e. The van der Waals surface area contributed by atoms with Crippen LogP contribution in [0.25, 0.3) is 0 Å². The second-order valence-corrected chi connectivity index (χ2v) is 16.0. The van der Waals surface area contributed by atoms with Crippen molar-refractivity contribution < 1.29 is 31.8 Å². The van der Waals surface area contributed by atoms with Crippen LogP contribution in [0.1, 0.15) is 59.9 Å². The molecule has 0 aromatic heterocycles. The van der Waals surface area contributed by atoms with Crippen LogP contribution in [0.4, 0.5) is 36.3 Å². The number of carbonyl (C=O) groups excluding carboxylic acids is 1. The van der Waals surface area contributed by atoms with Gasteiger partial charge in [0.2, 0.25) is 10.0 Å². The number of anilines is 4. The van der Waals surface area contributed by atoms with Crippen molar-refractivity contribution in [2.45, 2.75) is 70.8 Å². The van der Waals surface area contributed by atoms with Gasteiger partial charge < -0.3 is 30.3 Å². The van der Waals surface area contributed by atoms with Gasteiger partial charge in [0.1, 0.15) is 11.5 Å². The van der Waals surface area contributed by atoms with E-state index in [0.717, 1.165) is 19.6 Å². The third-order valence-electron chi connectivity index (χ3n) is 9.07. The Morgan fingerprint density at radius 2 is 1.59 bits per heavy atom. The van der Waals surface area contributed by atoms with E-state index in [1.807, 2.05) is 30.9 Å². The number of benzene rings is 3. The molecule has 3 aromatic carbocycles. The van der Waals surface area contributed by atoms with E-state index in [0.29, 0.717) is 67.7 Å². The van der Waals surface area contributed by atoms with Crippen LogP contribution in [-0.2, 0) is 15.4 Å². The smallest absolute Gasteiger partial charge is 0.394 e. The number of alkyl halides is 2. The maximum atomic E-state index is 14.2. The summed E-state index contributed by atoms with van der Waals surface area (Å²) in [4.78, 5) is 17.8. The zero-order valence-corrected chi connectivity index (χ0v) is 29.8. The summed E-state index contributed by atoms with van der Waals surface area (Å²) in [5.41, 5.74) is 1.96. The van der Waals surface area contributed by atoms with Crippen molar-refractivity contribution in [2.75, 3.05) is 54.8 Å². The number of nitrogens with zero attached hydrogens (tertiary/aromatic N) is 3. The summed E-state index contributed by atoms with van der Waals surface area (Å²) >= 11 is 0. The SMILES string of the molecule is CCN(CC)S(=O)(=O)c1ccc(O)c2c1C1(CCN(CC(C)(C)C)CC1)CN2c1ccccc1NC(=O)Nc1ccc(OC(C)(F)F)cc1. The highest BCUT2D eigenvalue weighted by Crippen LogP contribution is 2.56. The zero-order valence-electron chi connectivity index (χ0n) is 29.0. The number of sulfonamides is 1. The Balaban J connectivity index is 1.51. The Labute approximate surface area is 288 Å². The molecule has 2 amide bonds. The molecule has 2 aliphatic rings. The standard InChI is InChI=1S/C36H47F2N5O5S/c1-7-42(8-2)49(46,47)30-18-17-29(44)32-31(30)36(19-21-41(22-20-36)23-34(3,4)5)24-43(32)28-12-10-9-11-27(28)40-33(45)39-25-13-15-26(16-14-25)48-35(6,37)38/h9-18,44H,7-8,19-24H2,1-6H3,(H2,39,40,45). The fourth-order valence-electron chi connectivity index (χ4n) is 7.06. The van der Waals surface area contributed by atoms with E-state index in [4.69, 9.17) is 0 Å². The van der Waals surface area contributed by atoms with Crippen LogP contribution < -0.4 is 20.3 Å². The largest absolute Gasteiger partial charge is 0.506 e. The van der Waals surface area contributed by atoms with Crippen LogP contribution in [0.3, 0.4) is 0 Å². The van der Waals surface area contributed by atoms with E-state index in [9.17, 15) is 27.1 Å². The van der Waals surface area contributed by atoms with Crippen molar-refractivity contribution in [3.05, 3.63) is 66.2 Å². The first-order valence-corrected chi connectivity index (χ1v) is 18.1. The van der Waals surface area contributed by atoms with Crippen LogP contribution in [0, 0.1) is 5.41 Å². The second kappa shape index (κ2) is 13.8. The molecule has 3 aromatic rings. The average molecular weight is 700 g/mol. The van der Waals surface area contributed by atoms with E-state index >= 15 is 0 Å². The lowest BCUT2D eigenvalue weighted by atomic mass is 9.74. The molecule has 49 heavy (non-hydrogen) atoms. The van der Waals surface area contributed by atoms with Crippen LogP contribution in [0.5, 0.6) is 11.5 Å². The van der Waals surface area contributed by atoms with Gasteiger partial charge in [-0.2, -0.15) is 13.1 Å². The van der Waals surface area contributed by atoms with E-state index < -0.39 is 27.6 Å². The molecular weight excluding hydrogens is 652 g/mol. The first-order valence-electron chi connectivity index (χ1n) is 16.7. The number of hydrogen-bond acceptors (Lipinski definition) is 7. The highest BCUT2D eigenvalue weighted by Gasteiger charge is 2.50. The average Bonchev–Trinajstić information content (AvgIpc) is 3.34. The third kappa shape index (κ3) is 7.94. The monoisotopic (exact) mass is 699 g/mol. The van der Waals surface area contributed by atoms with Gasteiger partial charge in [0, 0.05) is 49.8 Å². The predicted octanol–water partition coefficient (Wildman–Crippen LogP) is 7.59. The van der Waals surface area contributed by atoms with Crippen molar-refractivity contribution in [3.63, 3.8) is 0 Å². The number of phenolic OH excluding ortho intramolecular Hbond substituents is 1. The van der Waals surface area contributed by atoms with Gasteiger partial charge in [0.05, 0.1) is 22.0 Å². The van der Waals surface area contributed by atoms with Crippen molar-refractivity contribution in [2.24, 2.45) is 5.41 Å². The maximum absolute atomic E-state index is 14.2. The molecule has 13 heteroatoms. The fraction of sp³-hybridized carbons (Fsp3) is 0.472. The number of urea groups is 1. The Bertz CT molecular complexity index is 1760. The summed E-state index contributed by atoms with van der Waals surface area (Å²) in [6.45, 7) is 14.4. The molecule has 10 nitrogen and oxygen atoms in total. The van der Waals surface area contributed by atoms with Crippen molar-refractivity contribution in [1.29, 1.82) is 0 Å². The molecule has 3 N–H and O–H groups in total. The molecule has 1 spiro atoms. The van der Waals surface area contributed by atoms with Gasteiger partial charge >= 0.3 is 12.1 Å². The molecule has 0 saturated carbocycles. The van der Waals surface area contributed by atoms with Crippen molar-refractivity contribution in [1.82, 2.24) is 9.21 Å². The number of fused-ring (bicyclic) bond motifs is 2. The molecule has 0 radical (unpaired) electrons. The highest BCUT2D eigenvalue weighted by atomic mass is 32.2. The van der Waals surface area contributed by atoms with E-state index in [2.05, 4.69) is 41.0 Å². The molecule has 0 atom stereocenters. The number of halogens is 2. The summed E-state index contributed by atoms with van der Waals surface area (Å²) in [7, 11) is -3.89. The molecule has 0 aliphatic carbocycles. The third-order valence-corrected chi connectivity index (χ3v) is 11.2. The summed E-state index contributed by atoms with van der Waals surface area (Å²) in [6.07, 6.45) is -1.95. The molecule has 5 rings (SSSR count). The van der Waals surface area contributed by atoms with Gasteiger partial charge in [0.25, 0.3) is 0 Å². The number of para-hydroxylation sites is 2. The number of nitrogens with one attached hydrogen (secondary N) is 2. The molecule has 266 valence electrons. The highest BCUT2D eigenvalue weighted by molar-refractivity contribution is 7.89. The van der Waals surface area contributed by atoms with Crippen molar-refractivity contribution >= 4 is 38.8 Å². The lowest BCUT2D eigenvalue weighted by Gasteiger charge is -2.42. The Morgan fingerprint density at radius 1 is 0.959 bits per heavy atom. The summed E-state index contributed by atoms with van der Waals surface area (Å²) in [5.74, 6) is -0.0847. The number of likely N-dealkylation sites (tertiary alicyclic amines) is 1. The molecule has 1 saturated heterocycles. The Hall–Kier alpha value is -3.94. The minimum Gasteiger partial charge on any atom is -0.506 e. The first kappa shape index (κ1) is 36.3. The van der Waals surface area contributed by atoms with Gasteiger partial charge in [-0.05, 0) is 79.9 Å². The van der Waals surface area contributed by atoms with Crippen molar-refractivity contribution in [3.8, 4) is 11.5 Å². The zero-order chi connectivity index (χ0) is 35.8. The molecule has 2 aliphatic heterocycles. The summed E-state index contributed by atoms with van der Waals surface area (Å²) in [5, 5.41) is 17.1. The predicted molar refractivity (Wildman–Crippen MR) is 189 cm³/mol. The number of carbonyl (C=O) groups is 1. The Kier molecular flexibility index (Phi) is 10.2. The lowest BCUT2D eigenvalue weighted by Crippen LogP contribution is -2.47. The summed E-state index contributed by atoms with van der Waals surface area (Å²) in [6, 6.07) is 15.1. The number of rotatable bonds is 10. The van der Waals surface area contributed by atoms with E-state index in [1.54, 1.807) is 12.1 Å². The number of amides is 2. The second-order valence-electron chi connectivity index (χ2n) is 14.1. The lowest BCUT2D eigenvalue weighted by molar-refractivity contribution is -0.158. The molecule has 0 bridgehead atoms. The molecule has 2 heterocycles. The van der Waals surface area contributed by atoms with Gasteiger partial charge in [-0.15, -0.1) is 0 Å². The number of phenols is 1. The molecule has 1 fully saturated rings. The van der Waals surface area contributed by atoms with E-state index in [-0.39, 0.29) is 21.8 Å². The minimum atomic E-state index is -3.89. The number of aromatic hydroxyl groups is 1. The topological polar surface area (TPSA) is 114 Å². The minimum absolute atomic E-state index is 0.0401. The van der Waals surface area contributed by atoms with Gasteiger partial charge in [-0.1, -0.05) is 46.8 Å². The van der Waals surface area contributed by atoms with E-state index in [1.165, 1.54) is 40.7 Å². The normalized spacial score (nSPS) is 16.6. The van der Waals surface area contributed by atoms with Gasteiger partial charge in [0.15, 0.2) is 0 Å².